The molecule has 0 aromatic carbocycles. The number of hydrogen-bond acceptors (Lipinski definition) is 3. The SMILES string of the molecule is CNC1CCCC2(C1)N=N2.Cl. The largest absolute Gasteiger partial charge is 0.317 e. The molecule has 2 rings (SSSR count). The van der Waals surface area contributed by atoms with Gasteiger partial charge in [-0.15, -0.1) is 12.4 Å². The topological polar surface area (TPSA) is 36.8 Å². The highest BCUT2D eigenvalue weighted by molar-refractivity contribution is 5.85. The van der Waals surface area contributed by atoms with Crippen molar-refractivity contribution >= 4 is 12.4 Å². The van der Waals surface area contributed by atoms with Crippen molar-refractivity contribution in [3.8, 4) is 0 Å². The third kappa shape index (κ3) is 1.71. The van der Waals surface area contributed by atoms with Crippen molar-refractivity contribution in [3.63, 3.8) is 0 Å². The highest BCUT2D eigenvalue weighted by Gasteiger charge is 2.43. The van der Waals surface area contributed by atoms with E-state index in [9.17, 15) is 0 Å². The van der Waals surface area contributed by atoms with E-state index in [0.29, 0.717) is 6.04 Å². The standard InChI is InChI=1S/C7H13N3.ClH/c1-8-6-3-2-4-7(5-6)9-10-7;/h6,8H,2-5H2,1H3;1H. The fourth-order valence-corrected chi connectivity index (χ4v) is 1.73. The van der Waals surface area contributed by atoms with E-state index in [0.717, 1.165) is 6.42 Å². The van der Waals surface area contributed by atoms with E-state index in [2.05, 4.69) is 15.5 Å². The van der Waals surface area contributed by atoms with Gasteiger partial charge in [0.1, 0.15) is 0 Å². The molecule has 1 unspecified atom stereocenters. The lowest BCUT2D eigenvalue weighted by Crippen LogP contribution is -2.35. The van der Waals surface area contributed by atoms with Gasteiger partial charge < -0.3 is 5.32 Å². The summed E-state index contributed by atoms with van der Waals surface area (Å²) in [5.41, 5.74) is 0.0892. The molecule has 1 N–H and O–H groups in total. The van der Waals surface area contributed by atoms with Gasteiger partial charge in [-0.2, -0.15) is 10.2 Å². The summed E-state index contributed by atoms with van der Waals surface area (Å²) in [7, 11) is 2.02. The first-order valence-corrected chi connectivity index (χ1v) is 3.96. The normalized spacial score (nSPS) is 31.5. The second kappa shape index (κ2) is 3.07. The molecule has 0 aromatic heterocycles. The quantitative estimate of drug-likeness (QED) is 0.648. The highest BCUT2D eigenvalue weighted by Crippen LogP contribution is 2.41. The van der Waals surface area contributed by atoms with E-state index in [1.54, 1.807) is 0 Å². The van der Waals surface area contributed by atoms with Crippen LogP contribution in [-0.2, 0) is 0 Å². The highest BCUT2D eigenvalue weighted by atomic mass is 35.5. The van der Waals surface area contributed by atoms with Gasteiger partial charge in [0.05, 0.1) is 0 Å². The number of halogens is 1. The molecule has 0 amide bonds. The summed E-state index contributed by atoms with van der Waals surface area (Å²) < 4.78 is 0. The summed E-state index contributed by atoms with van der Waals surface area (Å²) in [6.45, 7) is 0. The minimum absolute atomic E-state index is 0. The lowest BCUT2D eigenvalue weighted by molar-refractivity contribution is 0.323. The lowest BCUT2D eigenvalue weighted by atomic mass is 9.88. The average molecular weight is 176 g/mol. The third-order valence-corrected chi connectivity index (χ3v) is 2.49. The molecule has 2 aliphatic rings. The average Bonchev–Trinajstić information content (AvgIpc) is 2.70. The minimum Gasteiger partial charge on any atom is -0.317 e. The van der Waals surface area contributed by atoms with Gasteiger partial charge in [-0.25, -0.2) is 0 Å². The lowest BCUT2D eigenvalue weighted by Gasteiger charge is -2.24. The van der Waals surface area contributed by atoms with Gasteiger partial charge in [-0.3, -0.25) is 0 Å². The zero-order valence-electron chi connectivity index (χ0n) is 6.71. The molecule has 0 aromatic rings. The Morgan fingerprint density at radius 2 is 2.18 bits per heavy atom. The van der Waals surface area contributed by atoms with Crippen LogP contribution in [0.5, 0.6) is 0 Å². The van der Waals surface area contributed by atoms with Crippen LogP contribution < -0.4 is 5.32 Å². The van der Waals surface area contributed by atoms with Gasteiger partial charge in [-0.1, -0.05) is 0 Å². The van der Waals surface area contributed by atoms with Crippen molar-refractivity contribution in [2.75, 3.05) is 7.05 Å². The Hall–Kier alpha value is -0.150. The van der Waals surface area contributed by atoms with Gasteiger partial charge in [-0.05, 0) is 26.3 Å². The molecule has 4 heteroatoms. The van der Waals surface area contributed by atoms with Crippen molar-refractivity contribution in [2.24, 2.45) is 10.2 Å². The van der Waals surface area contributed by atoms with Crippen molar-refractivity contribution in [2.45, 2.75) is 37.4 Å². The molecule has 1 saturated carbocycles. The maximum Gasteiger partial charge on any atom is 0.192 e. The number of hydrogen-bond donors (Lipinski definition) is 1. The van der Waals surface area contributed by atoms with E-state index in [4.69, 9.17) is 0 Å². The van der Waals surface area contributed by atoms with Gasteiger partial charge in [0.25, 0.3) is 0 Å². The molecule has 1 fully saturated rings. The van der Waals surface area contributed by atoms with Gasteiger partial charge >= 0.3 is 0 Å². The van der Waals surface area contributed by atoms with E-state index in [-0.39, 0.29) is 18.1 Å². The molecular formula is C7H14ClN3. The van der Waals surface area contributed by atoms with Crippen molar-refractivity contribution in [3.05, 3.63) is 0 Å². The van der Waals surface area contributed by atoms with Crippen LogP contribution in [0.2, 0.25) is 0 Å². The van der Waals surface area contributed by atoms with E-state index in [1.165, 1.54) is 19.3 Å². The summed E-state index contributed by atoms with van der Waals surface area (Å²) in [6, 6.07) is 0.656. The Morgan fingerprint density at radius 3 is 2.73 bits per heavy atom. The summed E-state index contributed by atoms with van der Waals surface area (Å²) >= 11 is 0. The van der Waals surface area contributed by atoms with Crippen LogP contribution in [0.3, 0.4) is 0 Å². The zero-order chi connectivity index (χ0) is 7.03. The number of nitrogens with zero attached hydrogens (tertiary/aromatic N) is 2. The predicted octanol–water partition coefficient (Wildman–Crippen LogP) is 1.73. The Bertz CT molecular complexity index is 163. The van der Waals surface area contributed by atoms with Gasteiger partial charge in [0.15, 0.2) is 5.66 Å². The van der Waals surface area contributed by atoms with E-state index in [1.807, 2.05) is 7.05 Å². The van der Waals surface area contributed by atoms with Crippen LogP contribution in [0.1, 0.15) is 25.7 Å². The van der Waals surface area contributed by atoms with Crippen molar-refractivity contribution < 1.29 is 0 Å². The molecular weight excluding hydrogens is 162 g/mol. The van der Waals surface area contributed by atoms with E-state index >= 15 is 0 Å². The Balaban J connectivity index is 0.000000605. The first kappa shape index (κ1) is 8.94. The molecule has 64 valence electrons. The first-order valence-electron chi connectivity index (χ1n) is 3.96. The van der Waals surface area contributed by atoms with Crippen LogP contribution in [0.4, 0.5) is 0 Å². The smallest absolute Gasteiger partial charge is 0.192 e. The molecule has 1 aliphatic carbocycles. The molecule has 1 heterocycles. The van der Waals surface area contributed by atoms with Crippen molar-refractivity contribution in [1.29, 1.82) is 0 Å². The predicted molar refractivity (Wildman–Crippen MR) is 46.2 cm³/mol. The van der Waals surface area contributed by atoms with Crippen LogP contribution in [-0.4, -0.2) is 18.8 Å². The van der Waals surface area contributed by atoms with Crippen LogP contribution in [0.25, 0.3) is 0 Å². The van der Waals surface area contributed by atoms with Crippen LogP contribution in [0.15, 0.2) is 10.2 Å². The monoisotopic (exact) mass is 175 g/mol. The summed E-state index contributed by atoms with van der Waals surface area (Å²) in [6.07, 6.45) is 4.89. The minimum atomic E-state index is 0. The third-order valence-electron chi connectivity index (χ3n) is 2.49. The summed E-state index contributed by atoms with van der Waals surface area (Å²) in [5.74, 6) is 0. The maximum absolute atomic E-state index is 4.08. The Morgan fingerprint density at radius 1 is 1.45 bits per heavy atom. The maximum atomic E-state index is 4.08. The zero-order valence-corrected chi connectivity index (χ0v) is 7.52. The van der Waals surface area contributed by atoms with Gasteiger partial charge in [0, 0.05) is 12.5 Å². The van der Waals surface area contributed by atoms with Crippen LogP contribution >= 0.6 is 12.4 Å². The Kier molecular flexibility index (Phi) is 2.50. The fraction of sp³-hybridized carbons (Fsp3) is 1.00. The molecule has 1 atom stereocenters. The molecule has 0 radical (unpaired) electrons. The molecule has 0 saturated heterocycles. The molecule has 3 nitrogen and oxygen atoms in total. The van der Waals surface area contributed by atoms with E-state index < -0.39 is 0 Å². The summed E-state index contributed by atoms with van der Waals surface area (Å²) in [4.78, 5) is 0. The number of rotatable bonds is 1. The molecule has 0 bridgehead atoms. The second-order valence-electron chi connectivity index (χ2n) is 3.26. The van der Waals surface area contributed by atoms with Crippen molar-refractivity contribution in [1.82, 2.24) is 5.32 Å². The first-order chi connectivity index (χ1) is 4.85. The van der Waals surface area contributed by atoms with Gasteiger partial charge in [0.2, 0.25) is 0 Å². The second-order valence-corrected chi connectivity index (χ2v) is 3.26. The molecule has 1 spiro atoms. The summed E-state index contributed by atoms with van der Waals surface area (Å²) in [5, 5.41) is 11.4. The molecule has 1 aliphatic heterocycles. The Labute approximate surface area is 73.1 Å². The molecule has 11 heavy (non-hydrogen) atoms. The number of nitrogens with one attached hydrogen (secondary N) is 1. The fourth-order valence-electron chi connectivity index (χ4n) is 1.73. The van der Waals surface area contributed by atoms with Crippen LogP contribution in [0, 0.1) is 0 Å².